The van der Waals surface area contributed by atoms with Crippen molar-refractivity contribution in [3.63, 3.8) is 0 Å². The van der Waals surface area contributed by atoms with Crippen LogP contribution >= 0.6 is 0 Å². The van der Waals surface area contributed by atoms with E-state index in [4.69, 9.17) is 5.73 Å². The van der Waals surface area contributed by atoms with Crippen LogP contribution in [0.2, 0.25) is 0 Å². The Kier molecular flexibility index (Phi) is 5.61. The van der Waals surface area contributed by atoms with Gasteiger partial charge < -0.3 is 11.1 Å². The molecule has 110 valence electrons. The molecule has 0 aliphatic carbocycles. The molecule has 0 aliphatic heterocycles. The van der Waals surface area contributed by atoms with Gasteiger partial charge in [-0.3, -0.25) is 9.59 Å². The number of amides is 2. The Balaban J connectivity index is 2.73. The molecular weight excluding hydrogens is 266 g/mol. The summed E-state index contributed by atoms with van der Waals surface area (Å²) in [7, 11) is 0. The zero-order valence-electron chi connectivity index (χ0n) is 11.5. The van der Waals surface area contributed by atoms with Crippen LogP contribution in [0.4, 0.5) is 8.78 Å². The summed E-state index contributed by atoms with van der Waals surface area (Å²) >= 11 is 0. The molecule has 0 saturated heterocycles. The second-order valence-electron chi connectivity index (χ2n) is 4.75. The average Bonchev–Trinajstić information content (AvgIpc) is 2.38. The summed E-state index contributed by atoms with van der Waals surface area (Å²) in [6.07, 6.45) is 0.394. The highest BCUT2D eigenvalue weighted by molar-refractivity contribution is 5.87. The van der Waals surface area contributed by atoms with Crippen LogP contribution in [0.5, 0.6) is 0 Å². The predicted octanol–water partition coefficient (Wildman–Crippen LogP) is 1.52. The lowest BCUT2D eigenvalue weighted by Crippen LogP contribution is -2.48. The molecule has 0 aliphatic rings. The van der Waals surface area contributed by atoms with E-state index >= 15 is 0 Å². The van der Waals surface area contributed by atoms with Crippen molar-refractivity contribution in [2.75, 3.05) is 0 Å². The molecule has 1 aromatic carbocycles. The molecule has 0 saturated carbocycles. The van der Waals surface area contributed by atoms with Gasteiger partial charge >= 0.3 is 0 Å². The Hall–Kier alpha value is -1.98. The molecule has 6 heteroatoms. The molecule has 3 N–H and O–H groups in total. The summed E-state index contributed by atoms with van der Waals surface area (Å²) < 4.78 is 26.2. The van der Waals surface area contributed by atoms with Gasteiger partial charge in [0.15, 0.2) is 0 Å². The lowest BCUT2D eigenvalue weighted by atomic mass is 9.98. The molecule has 2 atom stereocenters. The second-order valence-corrected chi connectivity index (χ2v) is 4.75. The Bertz CT molecular complexity index is 506. The fourth-order valence-corrected chi connectivity index (χ4v) is 1.79. The first-order valence-corrected chi connectivity index (χ1v) is 6.37. The number of hydrogen-bond acceptors (Lipinski definition) is 2. The van der Waals surface area contributed by atoms with E-state index in [-0.39, 0.29) is 17.9 Å². The monoisotopic (exact) mass is 284 g/mol. The topological polar surface area (TPSA) is 72.2 Å². The number of hydrogen-bond donors (Lipinski definition) is 2. The fraction of sp³-hybridized carbons (Fsp3) is 0.429. The van der Waals surface area contributed by atoms with Crippen molar-refractivity contribution in [3.05, 3.63) is 35.4 Å². The van der Waals surface area contributed by atoms with Gasteiger partial charge in [-0.2, -0.15) is 0 Å². The van der Waals surface area contributed by atoms with Crippen LogP contribution in [0.3, 0.4) is 0 Å². The van der Waals surface area contributed by atoms with Gasteiger partial charge in [0.05, 0.1) is 6.42 Å². The van der Waals surface area contributed by atoms with E-state index in [0.29, 0.717) is 12.5 Å². The van der Waals surface area contributed by atoms with Crippen LogP contribution in [0.15, 0.2) is 18.2 Å². The maximum Gasteiger partial charge on any atom is 0.240 e. The van der Waals surface area contributed by atoms with Gasteiger partial charge in [-0.1, -0.05) is 26.3 Å². The fourth-order valence-electron chi connectivity index (χ4n) is 1.79. The number of rotatable bonds is 6. The minimum atomic E-state index is -0.795. The molecule has 1 aromatic rings. The molecule has 0 spiro atoms. The molecule has 1 rings (SSSR count). The van der Waals surface area contributed by atoms with Crippen molar-refractivity contribution in [1.82, 2.24) is 5.32 Å². The first-order valence-electron chi connectivity index (χ1n) is 6.37. The number of benzene rings is 1. The zero-order valence-corrected chi connectivity index (χ0v) is 11.5. The van der Waals surface area contributed by atoms with Crippen molar-refractivity contribution in [3.8, 4) is 0 Å². The highest BCUT2D eigenvalue weighted by atomic mass is 19.1. The van der Waals surface area contributed by atoms with E-state index in [9.17, 15) is 18.4 Å². The van der Waals surface area contributed by atoms with Gasteiger partial charge in [0, 0.05) is 6.07 Å². The minimum absolute atomic E-state index is 0.0660. The van der Waals surface area contributed by atoms with Gasteiger partial charge in [0.2, 0.25) is 11.8 Å². The van der Waals surface area contributed by atoms with E-state index in [1.807, 2.05) is 6.92 Å². The van der Waals surface area contributed by atoms with Gasteiger partial charge in [0.25, 0.3) is 0 Å². The maximum atomic E-state index is 13.4. The third-order valence-electron chi connectivity index (χ3n) is 3.20. The molecule has 0 aromatic heterocycles. The van der Waals surface area contributed by atoms with Crippen molar-refractivity contribution in [2.24, 2.45) is 11.7 Å². The molecule has 0 heterocycles. The predicted molar refractivity (Wildman–Crippen MR) is 70.6 cm³/mol. The Labute approximate surface area is 116 Å². The molecule has 0 fully saturated rings. The number of primary amides is 1. The van der Waals surface area contributed by atoms with Crippen molar-refractivity contribution in [2.45, 2.75) is 32.7 Å². The third-order valence-corrected chi connectivity index (χ3v) is 3.20. The summed E-state index contributed by atoms with van der Waals surface area (Å²) in [4.78, 5) is 23.1. The number of halogens is 2. The minimum Gasteiger partial charge on any atom is -0.368 e. The summed E-state index contributed by atoms with van der Waals surface area (Å²) in [5.41, 5.74) is 5.29. The largest absolute Gasteiger partial charge is 0.368 e. The summed E-state index contributed by atoms with van der Waals surface area (Å²) in [5, 5.41) is 2.48. The van der Waals surface area contributed by atoms with E-state index in [1.165, 1.54) is 6.07 Å². The maximum absolute atomic E-state index is 13.4. The SMILES string of the molecule is CC[C@H](C)[C@H](NC(=O)Cc1ccc(F)cc1F)C(N)=O. The Morgan fingerprint density at radius 1 is 1.35 bits per heavy atom. The van der Waals surface area contributed by atoms with Crippen LogP contribution in [-0.2, 0) is 16.0 Å². The lowest BCUT2D eigenvalue weighted by molar-refractivity contribution is -0.128. The van der Waals surface area contributed by atoms with Crippen molar-refractivity contribution >= 4 is 11.8 Å². The molecule has 20 heavy (non-hydrogen) atoms. The summed E-state index contributed by atoms with van der Waals surface area (Å²) in [6.45, 7) is 3.65. The smallest absolute Gasteiger partial charge is 0.240 e. The van der Waals surface area contributed by atoms with Gasteiger partial charge in [-0.25, -0.2) is 8.78 Å². The molecule has 0 radical (unpaired) electrons. The highest BCUT2D eigenvalue weighted by Gasteiger charge is 2.23. The van der Waals surface area contributed by atoms with Crippen LogP contribution in [0, 0.1) is 17.6 Å². The van der Waals surface area contributed by atoms with Crippen LogP contribution in [0.25, 0.3) is 0 Å². The zero-order chi connectivity index (χ0) is 15.3. The standard InChI is InChI=1S/C14H18F2N2O2/c1-3-8(2)13(14(17)20)18-12(19)6-9-4-5-10(15)7-11(9)16/h4-5,7-8,13H,3,6H2,1-2H3,(H2,17,20)(H,18,19)/t8-,13-/m0/s1. The average molecular weight is 284 g/mol. The quantitative estimate of drug-likeness (QED) is 0.831. The van der Waals surface area contributed by atoms with Gasteiger partial charge in [-0.15, -0.1) is 0 Å². The van der Waals surface area contributed by atoms with Gasteiger partial charge in [0.1, 0.15) is 17.7 Å². The normalized spacial score (nSPS) is 13.6. The molecule has 0 bridgehead atoms. The number of carbonyl (C=O) groups is 2. The summed E-state index contributed by atoms with van der Waals surface area (Å²) in [6, 6.07) is 2.19. The Morgan fingerprint density at radius 2 is 2.00 bits per heavy atom. The third kappa shape index (κ3) is 4.29. The Morgan fingerprint density at radius 3 is 2.50 bits per heavy atom. The number of carbonyl (C=O) groups excluding carboxylic acids is 2. The molecule has 4 nitrogen and oxygen atoms in total. The van der Waals surface area contributed by atoms with Crippen LogP contribution in [-0.4, -0.2) is 17.9 Å². The van der Waals surface area contributed by atoms with E-state index in [0.717, 1.165) is 6.07 Å². The van der Waals surface area contributed by atoms with Gasteiger partial charge in [-0.05, 0) is 17.5 Å². The first-order chi connectivity index (χ1) is 9.35. The van der Waals surface area contributed by atoms with Crippen LogP contribution in [0.1, 0.15) is 25.8 Å². The summed E-state index contributed by atoms with van der Waals surface area (Å²) in [5.74, 6) is -2.78. The first kappa shape index (κ1) is 16.1. The highest BCUT2D eigenvalue weighted by Crippen LogP contribution is 2.11. The van der Waals surface area contributed by atoms with Crippen molar-refractivity contribution < 1.29 is 18.4 Å². The number of nitrogens with two attached hydrogens (primary N) is 1. The lowest BCUT2D eigenvalue weighted by Gasteiger charge is -2.21. The molecular formula is C14H18F2N2O2. The van der Waals surface area contributed by atoms with Crippen molar-refractivity contribution in [1.29, 1.82) is 0 Å². The second kappa shape index (κ2) is 6.98. The molecule has 0 unspecified atom stereocenters. The number of nitrogens with one attached hydrogen (secondary N) is 1. The van der Waals surface area contributed by atoms with E-state index < -0.39 is 29.5 Å². The van der Waals surface area contributed by atoms with E-state index in [2.05, 4.69) is 5.32 Å². The molecule has 2 amide bonds. The van der Waals surface area contributed by atoms with Crippen LogP contribution < -0.4 is 11.1 Å². The van der Waals surface area contributed by atoms with E-state index in [1.54, 1.807) is 6.92 Å².